The number of nitrogens with one attached hydrogen (secondary N) is 1. The van der Waals surface area contributed by atoms with Crippen LogP contribution in [0, 0.1) is 10.1 Å². The van der Waals surface area contributed by atoms with Gasteiger partial charge >= 0.3 is 0 Å². The first-order chi connectivity index (χ1) is 14.5. The Balaban J connectivity index is 1.40. The van der Waals surface area contributed by atoms with E-state index in [0.29, 0.717) is 5.69 Å². The number of carbonyl (C=O) groups is 3. The third-order valence-electron chi connectivity index (χ3n) is 5.02. The van der Waals surface area contributed by atoms with Gasteiger partial charge in [-0.2, -0.15) is 0 Å². The summed E-state index contributed by atoms with van der Waals surface area (Å²) in [6, 6.07) is 17.3. The molecule has 0 aliphatic carbocycles. The maximum absolute atomic E-state index is 12.5. The average molecular weight is 403 g/mol. The van der Waals surface area contributed by atoms with Crippen LogP contribution in [0.2, 0.25) is 0 Å². The Morgan fingerprint density at radius 2 is 1.70 bits per heavy atom. The second-order valence-corrected chi connectivity index (χ2v) is 6.90. The Labute approximate surface area is 171 Å². The maximum Gasteiger partial charge on any atom is 0.282 e. The Morgan fingerprint density at radius 1 is 0.967 bits per heavy atom. The van der Waals surface area contributed by atoms with Gasteiger partial charge in [-0.05, 0) is 23.9 Å². The van der Waals surface area contributed by atoms with E-state index >= 15 is 0 Å². The molecule has 30 heavy (non-hydrogen) atoms. The number of imide groups is 1. The summed E-state index contributed by atoms with van der Waals surface area (Å²) in [6.45, 7) is 0.00641. The van der Waals surface area contributed by atoms with Gasteiger partial charge in [-0.3, -0.25) is 29.4 Å². The summed E-state index contributed by atoms with van der Waals surface area (Å²) in [4.78, 5) is 48.8. The predicted molar refractivity (Wildman–Crippen MR) is 110 cm³/mol. The molecule has 3 amide bonds. The van der Waals surface area contributed by atoms with Crippen molar-refractivity contribution in [3.63, 3.8) is 0 Å². The number of fused-ring (bicyclic) bond motifs is 2. The summed E-state index contributed by atoms with van der Waals surface area (Å²) in [5.74, 6) is -1.51. The largest absolute Gasteiger partial charge is 0.326 e. The lowest BCUT2D eigenvalue weighted by Crippen LogP contribution is -2.31. The molecule has 0 aromatic heterocycles. The van der Waals surface area contributed by atoms with Gasteiger partial charge in [0, 0.05) is 30.1 Å². The van der Waals surface area contributed by atoms with Crippen molar-refractivity contribution >= 4 is 39.9 Å². The van der Waals surface area contributed by atoms with Gasteiger partial charge in [-0.15, -0.1) is 0 Å². The first-order valence-electron chi connectivity index (χ1n) is 9.38. The molecular formula is C22H17N3O5. The summed E-state index contributed by atoms with van der Waals surface area (Å²) in [5, 5.41) is 15.9. The quantitative estimate of drug-likeness (QED) is 0.383. The molecule has 0 saturated carbocycles. The van der Waals surface area contributed by atoms with Crippen LogP contribution in [0.3, 0.4) is 0 Å². The topological polar surface area (TPSA) is 110 Å². The van der Waals surface area contributed by atoms with Crippen LogP contribution in [-0.4, -0.2) is 34.1 Å². The molecule has 0 radical (unpaired) electrons. The van der Waals surface area contributed by atoms with Crippen LogP contribution < -0.4 is 5.32 Å². The van der Waals surface area contributed by atoms with E-state index in [1.54, 1.807) is 0 Å². The van der Waals surface area contributed by atoms with Crippen molar-refractivity contribution in [1.29, 1.82) is 0 Å². The van der Waals surface area contributed by atoms with Crippen LogP contribution in [0.4, 0.5) is 11.4 Å². The Bertz CT molecular complexity index is 1200. The predicted octanol–water partition coefficient (Wildman–Crippen LogP) is 3.76. The highest BCUT2D eigenvalue weighted by molar-refractivity contribution is 6.23. The highest BCUT2D eigenvalue weighted by Gasteiger charge is 2.40. The van der Waals surface area contributed by atoms with Gasteiger partial charge in [0.15, 0.2) is 0 Å². The third kappa shape index (κ3) is 3.39. The third-order valence-corrected chi connectivity index (χ3v) is 5.02. The van der Waals surface area contributed by atoms with Gasteiger partial charge in [-0.25, -0.2) is 0 Å². The Hall–Kier alpha value is -4.07. The minimum Gasteiger partial charge on any atom is -0.326 e. The zero-order chi connectivity index (χ0) is 21.3. The summed E-state index contributed by atoms with van der Waals surface area (Å²) in [7, 11) is 0. The van der Waals surface area contributed by atoms with E-state index in [9.17, 15) is 24.5 Å². The summed E-state index contributed by atoms with van der Waals surface area (Å²) in [6.07, 6.45) is 0.342. The molecule has 0 saturated heterocycles. The number of anilines is 1. The van der Waals surface area contributed by atoms with Crippen LogP contribution in [-0.2, 0) is 4.79 Å². The van der Waals surface area contributed by atoms with Crippen molar-refractivity contribution in [2.24, 2.45) is 0 Å². The van der Waals surface area contributed by atoms with Gasteiger partial charge < -0.3 is 5.32 Å². The molecule has 0 unspecified atom stereocenters. The zero-order valence-electron chi connectivity index (χ0n) is 15.8. The number of hydrogen-bond donors (Lipinski definition) is 1. The van der Waals surface area contributed by atoms with Gasteiger partial charge in [0.2, 0.25) is 5.91 Å². The fourth-order valence-corrected chi connectivity index (χ4v) is 3.62. The van der Waals surface area contributed by atoms with E-state index in [1.165, 1.54) is 18.2 Å². The molecule has 0 fully saturated rings. The number of carbonyl (C=O) groups excluding carboxylic acids is 3. The highest BCUT2D eigenvalue weighted by Crippen LogP contribution is 2.31. The van der Waals surface area contributed by atoms with Gasteiger partial charge in [-0.1, -0.05) is 42.5 Å². The van der Waals surface area contributed by atoms with Crippen LogP contribution in [0.15, 0.2) is 60.7 Å². The van der Waals surface area contributed by atoms with Gasteiger partial charge in [0.1, 0.15) is 5.56 Å². The molecule has 0 atom stereocenters. The standard InChI is InChI=1S/C22H17N3O5/c26-19(23-17-10-3-7-14-6-1-2-8-15(14)17)12-5-13-24-21(27)16-9-4-11-18(25(29)30)20(16)22(24)28/h1-4,6-11H,5,12-13H2,(H,23,26). The van der Waals surface area contributed by atoms with Crippen LogP contribution in [0.5, 0.6) is 0 Å². The lowest BCUT2D eigenvalue weighted by atomic mass is 10.1. The number of nitro groups is 1. The lowest BCUT2D eigenvalue weighted by Gasteiger charge is -2.13. The second kappa shape index (κ2) is 7.75. The molecule has 1 aliphatic rings. The Kier molecular flexibility index (Phi) is 4.97. The minimum absolute atomic E-state index is 0.00641. The number of hydrogen-bond acceptors (Lipinski definition) is 5. The molecule has 1 heterocycles. The molecule has 4 rings (SSSR count). The molecule has 150 valence electrons. The molecule has 0 bridgehead atoms. The fraction of sp³-hybridized carbons (Fsp3) is 0.136. The van der Waals surface area contributed by atoms with Crippen LogP contribution in [0.1, 0.15) is 33.6 Å². The van der Waals surface area contributed by atoms with E-state index in [1.807, 2.05) is 42.5 Å². The first-order valence-corrected chi connectivity index (χ1v) is 9.38. The fourth-order valence-electron chi connectivity index (χ4n) is 3.62. The summed E-state index contributed by atoms with van der Waals surface area (Å²) in [5.41, 5.74) is 0.138. The number of nitro benzene ring substituents is 1. The molecule has 8 heteroatoms. The SMILES string of the molecule is O=C(CCCN1C(=O)c2cccc([N+](=O)[O-])c2C1=O)Nc1cccc2ccccc12. The molecule has 1 N–H and O–H groups in total. The van der Waals surface area contributed by atoms with E-state index in [0.717, 1.165) is 15.7 Å². The molecule has 3 aromatic carbocycles. The van der Waals surface area contributed by atoms with Crippen molar-refractivity contribution in [3.05, 3.63) is 81.9 Å². The van der Waals surface area contributed by atoms with E-state index < -0.39 is 16.7 Å². The number of rotatable bonds is 6. The van der Waals surface area contributed by atoms with Gasteiger partial charge in [0.25, 0.3) is 17.5 Å². The lowest BCUT2D eigenvalue weighted by molar-refractivity contribution is -0.385. The molecule has 1 aliphatic heterocycles. The number of amides is 3. The van der Waals surface area contributed by atoms with Gasteiger partial charge in [0.05, 0.1) is 10.5 Å². The molecular weight excluding hydrogens is 386 g/mol. The molecule has 8 nitrogen and oxygen atoms in total. The van der Waals surface area contributed by atoms with Crippen molar-refractivity contribution in [2.45, 2.75) is 12.8 Å². The van der Waals surface area contributed by atoms with Crippen molar-refractivity contribution < 1.29 is 19.3 Å². The first kappa shape index (κ1) is 19.3. The highest BCUT2D eigenvalue weighted by atomic mass is 16.6. The molecule has 3 aromatic rings. The second-order valence-electron chi connectivity index (χ2n) is 6.90. The van der Waals surface area contributed by atoms with E-state index in [-0.39, 0.29) is 42.1 Å². The zero-order valence-corrected chi connectivity index (χ0v) is 15.8. The minimum atomic E-state index is -0.697. The van der Waals surface area contributed by atoms with E-state index in [4.69, 9.17) is 0 Å². The van der Waals surface area contributed by atoms with Crippen LogP contribution in [0.25, 0.3) is 10.8 Å². The maximum atomic E-state index is 12.5. The van der Waals surface area contributed by atoms with Crippen molar-refractivity contribution in [1.82, 2.24) is 4.90 Å². The number of benzene rings is 3. The smallest absolute Gasteiger partial charge is 0.282 e. The number of nitrogens with zero attached hydrogens (tertiary/aromatic N) is 2. The monoisotopic (exact) mass is 403 g/mol. The van der Waals surface area contributed by atoms with Crippen LogP contribution >= 0.6 is 0 Å². The summed E-state index contributed by atoms with van der Waals surface area (Å²) >= 11 is 0. The van der Waals surface area contributed by atoms with Crippen molar-refractivity contribution in [2.75, 3.05) is 11.9 Å². The Morgan fingerprint density at radius 3 is 2.50 bits per heavy atom. The normalized spacial score (nSPS) is 12.9. The van der Waals surface area contributed by atoms with Crippen molar-refractivity contribution in [3.8, 4) is 0 Å². The average Bonchev–Trinajstić information content (AvgIpc) is 2.99. The molecule has 0 spiro atoms. The van der Waals surface area contributed by atoms with E-state index in [2.05, 4.69) is 5.32 Å². The summed E-state index contributed by atoms with van der Waals surface area (Å²) < 4.78 is 0.